The van der Waals surface area contributed by atoms with Crippen molar-refractivity contribution in [3.63, 3.8) is 0 Å². The van der Waals surface area contributed by atoms with Crippen LogP contribution in [-0.4, -0.2) is 25.3 Å². The van der Waals surface area contributed by atoms with Crippen LogP contribution in [0.15, 0.2) is 0 Å². The van der Waals surface area contributed by atoms with Gasteiger partial charge in [0.05, 0.1) is 6.10 Å². The van der Waals surface area contributed by atoms with E-state index in [4.69, 9.17) is 4.74 Å². The van der Waals surface area contributed by atoms with Gasteiger partial charge in [-0.15, -0.1) is 0 Å². The molecular weight excluding hydrogens is 174 g/mol. The van der Waals surface area contributed by atoms with Crippen LogP contribution in [0.3, 0.4) is 0 Å². The van der Waals surface area contributed by atoms with Crippen molar-refractivity contribution in [2.45, 2.75) is 58.6 Å². The lowest BCUT2D eigenvalue weighted by atomic mass is 10.0. The van der Waals surface area contributed by atoms with Crippen LogP contribution in [0.25, 0.3) is 0 Å². The molecule has 84 valence electrons. The maximum atomic E-state index is 5.71. The zero-order chi connectivity index (χ0) is 10.4. The molecule has 0 aliphatic carbocycles. The zero-order valence-electron chi connectivity index (χ0n) is 9.88. The van der Waals surface area contributed by atoms with E-state index in [0.717, 1.165) is 19.1 Å². The van der Waals surface area contributed by atoms with Crippen molar-refractivity contribution in [3.8, 4) is 0 Å². The average molecular weight is 199 g/mol. The molecule has 3 unspecified atom stereocenters. The van der Waals surface area contributed by atoms with Gasteiger partial charge >= 0.3 is 0 Å². The molecule has 3 atom stereocenters. The van der Waals surface area contributed by atoms with Crippen LogP contribution in [0.2, 0.25) is 0 Å². The van der Waals surface area contributed by atoms with Gasteiger partial charge in [0.2, 0.25) is 0 Å². The molecule has 1 N–H and O–H groups in total. The Labute approximate surface area is 88.4 Å². The summed E-state index contributed by atoms with van der Waals surface area (Å²) in [5.74, 6) is 0.783. The molecule has 0 radical (unpaired) electrons. The fraction of sp³-hybridized carbons (Fsp3) is 1.00. The highest BCUT2D eigenvalue weighted by Crippen LogP contribution is 2.17. The SMILES string of the molecule is CCC(C)CNC(CC)C1CCCO1. The third-order valence-corrected chi connectivity index (χ3v) is 3.28. The van der Waals surface area contributed by atoms with E-state index in [1.807, 2.05) is 0 Å². The zero-order valence-corrected chi connectivity index (χ0v) is 9.88. The van der Waals surface area contributed by atoms with Gasteiger partial charge in [0.1, 0.15) is 0 Å². The van der Waals surface area contributed by atoms with Gasteiger partial charge in [-0.3, -0.25) is 0 Å². The highest BCUT2D eigenvalue weighted by atomic mass is 16.5. The van der Waals surface area contributed by atoms with E-state index < -0.39 is 0 Å². The minimum Gasteiger partial charge on any atom is -0.377 e. The average Bonchev–Trinajstić information content (AvgIpc) is 2.72. The Bertz CT molecular complexity index is 143. The summed E-state index contributed by atoms with van der Waals surface area (Å²) < 4.78 is 5.71. The molecule has 0 aromatic carbocycles. The summed E-state index contributed by atoms with van der Waals surface area (Å²) >= 11 is 0. The molecule has 1 aliphatic heterocycles. The maximum absolute atomic E-state index is 5.71. The van der Waals surface area contributed by atoms with Crippen molar-refractivity contribution < 1.29 is 4.74 Å². The molecule has 0 aromatic rings. The Balaban J connectivity index is 2.23. The van der Waals surface area contributed by atoms with Crippen molar-refractivity contribution >= 4 is 0 Å². The normalized spacial score (nSPS) is 26.4. The van der Waals surface area contributed by atoms with E-state index in [1.165, 1.54) is 25.7 Å². The maximum Gasteiger partial charge on any atom is 0.0728 e. The Kier molecular flexibility index (Phi) is 5.49. The van der Waals surface area contributed by atoms with Gasteiger partial charge < -0.3 is 10.1 Å². The largest absolute Gasteiger partial charge is 0.377 e. The van der Waals surface area contributed by atoms with Gasteiger partial charge in [0, 0.05) is 12.6 Å². The number of hydrogen-bond acceptors (Lipinski definition) is 2. The Morgan fingerprint density at radius 1 is 1.36 bits per heavy atom. The van der Waals surface area contributed by atoms with Gasteiger partial charge in [-0.1, -0.05) is 27.2 Å². The van der Waals surface area contributed by atoms with E-state index in [1.54, 1.807) is 0 Å². The fourth-order valence-electron chi connectivity index (χ4n) is 1.96. The Hall–Kier alpha value is -0.0800. The van der Waals surface area contributed by atoms with Gasteiger partial charge in [0.15, 0.2) is 0 Å². The first kappa shape index (κ1) is 12.0. The predicted octanol–water partition coefficient (Wildman–Crippen LogP) is 2.58. The molecule has 0 saturated carbocycles. The summed E-state index contributed by atoms with van der Waals surface area (Å²) in [7, 11) is 0. The molecule has 2 nitrogen and oxygen atoms in total. The molecular formula is C12H25NO. The Morgan fingerprint density at radius 3 is 2.64 bits per heavy atom. The van der Waals surface area contributed by atoms with Gasteiger partial charge in [0.25, 0.3) is 0 Å². The van der Waals surface area contributed by atoms with Crippen molar-refractivity contribution in [2.75, 3.05) is 13.2 Å². The predicted molar refractivity (Wildman–Crippen MR) is 60.5 cm³/mol. The fourth-order valence-corrected chi connectivity index (χ4v) is 1.96. The van der Waals surface area contributed by atoms with Crippen LogP contribution < -0.4 is 5.32 Å². The van der Waals surface area contributed by atoms with Crippen LogP contribution in [0.5, 0.6) is 0 Å². The van der Waals surface area contributed by atoms with Crippen molar-refractivity contribution in [1.82, 2.24) is 5.32 Å². The summed E-state index contributed by atoms with van der Waals surface area (Å²) in [6, 6.07) is 0.575. The summed E-state index contributed by atoms with van der Waals surface area (Å²) in [5, 5.41) is 3.64. The lowest BCUT2D eigenvalue weighted by Gasteiger charge is -2.24. The van der Waals surface area contributed by atoms with E-state index in [9.17, 15) is 0 Å². The molecule has 1 fully saturated rings. The van der Waals surface area contributed by atoms with E-state index in [-0.39, 0.29) is 0 Å². The smallest absolute Gasteiger partial charge is 0.0728 e. The molecule has 0 spiro atoms. The number of ether oxygens (including phenoxy) is 1. The topological polar surface area (TPSA) is 21.3 Å². The molecule has 14 heavy (non-hydrogen) atoms. The van der Waals surface area contributed by atoms with Crippen molar-refractivity contribution in [1.29, 1.82) is 0 Å². The summed E-state index contributed by atoms with van der Waals surface area (Å²) in [4.78, 5) is 0. The molecule has 0 aromatic heterocycles. The molecule has 1 aliphatic rings. The highest BCUT2D eigenvalue weighted by molar-refractivity contribution is 4.79. The second-order valence-electron chi connectivity index (χ2n) is 4.49. The van der Waals surface area contributed by atoms with Gasteiger partial charge in [-0.25, -0.2) is 0 Å². The third-order valence-electron chi connectivity index (χ3n) is 3.28. The number of hydrogen-bond donors (Lipinski definition) is 1. The lowest BCUT2D eigenvalue weighted by molar-refractivity contribution is 0.0757. The lowest BCUT2D eigenvalue weighted by Crippen LogP contribution is -2.41. The minimum absolute atomic E-state index is 0.476. The number of rotatable bonds is 6. The molecule has 1 saturated heterocycles. The second-order valence-corrected chi connectivity index (χ2v) is 4.49. The quantitative estimate of drug-likeness (QED) is 0.710. The Morgan fingerprint density at radius 2 is 2.14 bits per heavy atom. The third kappa shape index (κ3) is 3.58. The highest BCUT2D eigenvalue weighted by Gasteiger charge is 2.24. The molecule has 1 rings (SSSR count). The van der Waals surface area contributed by atoms with Crippen LogP contribution in [0.4, 0.5) is 0 Å². The summed E-state index contributed by atoms with van der Waals surface area (Å²) in [6.07, 6.45) is 5.40. The van der Waals surface area contributed by atoms with Crippen LogP contribution in [0.1, 0.15) is 46.5 Å². The second kappa shape index (κ2) is 6.41. The van der Waals surface area contributed by atoms with E-state index in [0.29, 0.717) is 12.1 Å². The van der Waals surface area contributed by atoms with Crippen molar-refractivity contribution in [2.24, 2.45) is 5.92 Å². The number of nitrogens with one attached hydrogen (secondary N) is 1. The standard InChI is InChI=1S/C12H25NO/c1-4-10(3)9-13-11(5-2)12-7-6-8-14-12/h10-13H,4-9H2,1-3H3. The van der Waals surface area contributed by atoms with Crippen LogP contribution >= 0.6 is 0 Å². The molecule has 1 heterocycles. The summed E-state index contributed by atoms with van der Waals surface area (Å²) in [5.41, 5.74) is 0. The van der Waals surface area contributed by atoms with E-state index in [2.05, 4.69) is 26.1 Å². The monoisotopic (exact) mass is 199 g/mol. The van der Waals surface area contributed by atoms with Crippen LogP contribution in [0, 0.1) is 5.92 Å². The first-order valence-electron chi connectivity index (χ1n) is 6.12. The van der Waals surface area contributed by atoms with E-state index >= 15 is 0 Å². The van der Waals surface area contributed by atoms with Crippen LogP contribution in [-0.2, 0) is 4.74 Å². The molecule has 0 amide bonds. The minimum atomic E-state index is 0.476. The molecule has 2 heteroatoms. The van der Waals surface area contributed by atoms with Gasteiger partial charge in [-0.05, 0) is 31.7 Å². The molecule has 0 bridgehead atoms. The van der Waals surface area contributed by atoms with Gasteiger partial charge in [-0.2, -0.15) is 0 Å². The first-order chi connectivity index (χ1) is 6.77. The first-order valence-corrected chi connectivity index (χ1v) is 6.12. The van der Waals surface area contributed by atoms with Crippen molar-refractivity contribution in [3.05, 3.63) is 0 Å². The summed E-state index contributed by atoms with van der Waals surface area (Å²) in [6.45, 7) is 8.89.